The van der Waals surface area contributed by atoms with Gasteiger partial charge in [0.1, 0.15) is 5.69 Å². The monoisotopic (exact) mass is 278 g/mol. The number of amides is 1. The molecule has 20 heavy (non-hydrogen) atoms. The van der Waals surface area contributed by atoms with Crippen molar-refractivity contribution in [1.82, 2.24) is 14.7 Å². The van der Waals surface area contributed by atoms with Crippen LogP contribution in [0.5, 0.6) is 0 Å². The second kappa shape index (κ2) is 5.44. The molecule has 1 aromatic rings. The fourth-order valence-corrected chi connectivity index (χ4v) is 3.36. The third kappa shape index (κ3) is 2.18. The fraction of sp³-hybridized carbons (Fsp3) is 0.714. The predicted octanol–water partition coefficient (Wildman–Crippen LogP) is 1.27. The Morgan fingerprint density at radius 3 is 3.10 bits per heavy atom. The molecular formula is C14H22N4O2. The molecule has 1 amide bonds. The number of aryl methyl sites for hydroxylation is 1. The summed E-state index contributed by atoms with van der Waals surface area (Å²) in [6.45, 7) is 3.88. The molecule has 2 fully saturated rings. The van der Waals surface area contributed by atoms with Crippen molar-refractivity contribution in [2.75, 3.05) is 18.9 Å². The largest absolute Gasteiger partial charge is 0.396 e. The molecule has 1 saturated carbocycles. The van der Waals surface area contributed by atoms with Gasteiger partial charge in [0.25, 0.3) is 5.91 Å². The van der Waals surface area contributed by atoms with E-state index >= 15 is 0 Å². The molecule has 110 valence electrons. The standard InChI is InChI=1S/C14H22N4O2/c1-2-18-13(10(15)9-16-18)14(19)17-7-8-20-12-6-4-3-5-11(12)17/h9,11-12H,2-8,15H2,1H3. The first-order valence-electron chi connectivity index (χ1n) is 7.46. The molecule has 3 rings (SSSR count). The lowest BCUT2D eigenvalue weighted by atomic mass is 9.90. The summed E-state index contributed by atoms with van der Waals surface area (Å²) in [4.78, 5) is 14.8. The maximum atomic E-state index is 12.8. The quantitative estimate of drug-likeness (QED) is 0.884. The van der Waals surface area contributed by atoms with E-state index in [9.17, 15) is 4.79 Å². The number of nitrogens with two attached hydrogens (primary N) is 1. The minimum Gasteiger partial charge on any atom is -0.396 e. The average molecular weight is 278 g/mol. The molecule has 6 heteroatoms. The molecule has 2 atom stereocenters. The summed E-state index contributed by atoms with van der Waals surface area (Å²) < 4.78 is 7.50. The van der Waals surface area contributed by atoms with Crippen LogP contribution in [0, 0.1) is 0 Å². The van der Waals surface area contributed by atoms with Crippen molar-refractivity contribution in [3.63, 3.8) is 0 Å². The van der Waals surface area contributed by atoms with Crippen molar-refractivity contribution in [3.8, 4) is 0 Å². The number of nitrogen functional groups attached to an aromatic ring is 1. The van der Waals surface area contributed by atoms with Crippen molar-refractivity contribution in [2.45, 2.75) is 51.3 Å². The number of nitrogens with zero attached hydrogens (tertiary/aromatic N) is 3. The highest BCUT2D eigenvalue weighted by Gasteiger charge is 2.38. The summed E-state index contributed by atoms with van der Waals surface area (Å²) in [5.74, 6) is 0.00190. The first-order chi connectivity index (χ1) is 9.72. The van der Waals surface area contributed by atoms with Crippen LogP contribution in [0.15, 0.2) is 6.20 Å². The van der Waals surface area contributed by atoms with E-state index in [1.807, 2.05) is 11.8 Å². The summed E-state index contributed by atoms with van der Waals surface area (Å²) >= 11 is 0. The third-order valence-electron chi connectivity index (χ3n) is 4.36. The number of carbonyl (C=O) groups excluding carboxylic acids is 1. The normalized spacial score (nSPS) is 26.4. The smallest absolute Gasteiger partial charge is 0.274 e. The zero-order valence-corrected chi connectivity index (χ0v) is 11.9. The van der Waals surface area contributed by atoms with Crippen LogP contribution < -0.4 is 5.73 Å². The number of ether oxygens (including phenoxy) is 1. The topological polar surface area (TPSA) is 73.4 Å². The molecular weight excluding hydrogens is 256 g/mol. The van der Waals surface area contributed by atoms with E-state index in [1.165, 1.54) is 6.42 Å². The van der Waals surface area contributed by atoms with Gasteiger partial charge in [-0.1, -0.05) is 12.8 Å². The predicted molar refractivity (Wildman–Crippen MR) is 75.3 cm³/mol. The highest BCUT2D eigenvalue weighted by molar-refractivity contribution is 5.97. The van der Waals surface area contributed by atoms with Crippen LogP contribution in [0.3, 0.4) is 0 Å². The summed E-state index contributed by atoms with van der Waals surface area (Å²) in [7, 11) is 0. The summed E-state index contributed by atoms with van der Waals surface area (Å²) in [5.41, 5.74) is 6.93. The van der Waals surface area contributed by atoms with E-state index in [1.54, 1.807) is 10.9 Å². The second-order valence-electron chi connectivity index (χ2n) is 5.52. The molecule has 2 aliphatic rings. The van der Waals surface area contributed by atoms with Crippen LogP contribution in [-0.4, -0.2) is 45.9 Å². The molecule has 6 nitrogen and oxygen atoms in total. The lowest BCUT2D eigenvalue weighted by Gasteiger charge is -2.43. The number of aromatic nitrogens is 2. The minimum atomic E-state index is 0.00190. The lowest BCUT2D eigenvalue weighted by Crippen LogP contribution is -2.55. The summed E-state index contributed by atoms with van der Waals surface area (Å²) in [6.07, 6.45) is 6.19. The maximum absolute atomic E-state index is 12.8. The molecule has 2 heterocycles. The number of hydrogen-bond donors (Lipinski definition) is 1. The van der Waals surface area contributed by atoms with Gasteiger partial charge in [0, 0.05) is 13.1 Å². The SMILES string of the molecule is CCn1ncc(N)c1C(=O)N1CCOC2CCCCC21. The van der Waals surface area contributed by atoms with E-state index in [2.05, 4.69) is 5.10 Å². The lowest BCUT2D eigenvalue weighted by molar-refractivity contribution is -0.0755. The van der Waals surface area contributed by atoms with E-state index < -0.39 is 0 Å². The molecule has 1 aromatic heterocycles. The van der Waals surface area contributed by atoms with Crippen LogP contribution in [0.4, 0.5) is 5.69 Å². The first-order valence-corrected chi connectivity index (χ1v) is 7.46. The van der Waals surface area contributed by atoms with E-state index in [-0.39, 0.29) is 18.1 Å². The van der Waals surface area contributed by atoms with Gasteiger partial charge in [0.05, 0.1) is 30.6 Å². The van der Waals surface area contributed by atoms with E-state index in [0.29, 0.717) is 31.1 Å². The molecule has 0 aromatic carbocycles. The Balaban J connectivity index is 1.87. The van der Waals surface area contributed by atoms with Gasteiger partial charge in [-0.05, 0) is 19.8 Å². The number of morpholine rings is 1. The number of carbonyl (C=O) groups is 1. The number of hydrogen-bond acceptors (Lipinski definition) is 4. The molecule has 2 unspecified atom stereocenters. The number of fused-ring (bicyclic) bond motifs is 1. The highest BCUT2D eigenvalue weighted by atomic mass is 16.5. The van der Waals surface area contributed by atoms with Crippen molar-refractivity contribution in [1.29, 1.82) is 0 Å². The van der Waals surface area contributed by atoms with Gasteiger partial charge in [0.2, 0.25) is 0 Å². The zero-order chi connectivity index (χ0) is 14.1. The molecule has 1 saturated heterocycles. The van der Waals surface area contributed by atoms with Gasteiger partial charge >= 0.3 is 0 Å². The average Bonchev–Trinajstić information content (AvgIpc) is 2.87. The molecule has 1 aliphatic carbocycles. The van der Waals surface area contributed by atoms with Crippen LogP contribution in [0.1, 0.15) is 43.1 Å². The Morgan fingerprint density at radius 1 is 1.50 bits per heavy atom. The van der Waals surface area contributed by atoms with Crippen LogP contribution >= 0.6 is 0 Å². The van der Waals surface area contributed by atoms with Crippen LogP contribution in [0.25, 0.3) is 0 Å². The Kier molecular flexibility index (Phi) is 3.65. The van der Waals surface area contributed by atoms with Gasteiger partial charge in [-0.3, -0.25) is 9.48 Å². The number of rotatable bonds is 2. The Morgan fingerprint density at radius 2 is 2.30 bits per heavy atom. The van der Waals surface area contributed by atoms with Gasteiger partial charge < -0.3 is 15.4 Å². The van der Waals surface area contributed by atoms with Gasteiger partial charge in [-0.2, -0.15) is 5.10 Å². The number of anilines is 1. The maximum Gasteiger partial charge on any atom is 0.274 e. The Hall–Kier alpha value is -1.56. The van der Waals surface area contributed by atoms with Crippen molar-refractivity contribution < 1.29 is 9.53 Å². The molecule has 0 spiro atoms. The highest BCUT2D eigenvalue weighted by Crippen LogP contribution is 2.30. The molecule has 0 radical (unpaired) electrons. The molecule has 2 N–H and O–H groups in total. The summed E-state index contributed by atoms with van der Waals surface area (Å²) in [6, 6.07) is 0.199. The van der Waals surface area contributed by atoms with Crippen LogP contribution in [0.2, 0.25) is 0 Å². The second-order valence-corrected chi connectivity index (χ2v) is 5.52. The van der Waals surface area contributed by atoms with Crippen LogP contribution in [-0.2, 0) is 11.3 Å². The zero-order valence-electron chi connectivity index (χ0n) is 11.9. The fourth-order valence-electron chi connectivity index (χ4n) is 3.36. The Bertz CT molecular complexity index is 497. The van der Waals surface area contributed by atoms with Gasteiger partial charge in [-0.25, -0.2) is 0 Å². The van der Waals surface area contributed by atoms with Crippen molar-refractivity contribution >= 4 is 11.6 Å². The first kappa shape index (κ1) is 13.4. The summed E-state index contributed by atoms with van der Waals surface area (Å²) in [5, 5.41) is 4.17. The van der Waals surface area contributed by atoms with Gasteiger partial charge in [-0.15, -0.1) is 0 Å². The van der Waals surface area contributed by atoms with Gasteiger partial charge in [0.15, 0.2) is 0 Å². The molecule has 0 bridgehead atoms. The van der Waals surface area contributed by atoms with Crippen molar-refractivity contribution in [3.05, 3.63) is 11.9 Å². The Labute approximate surface area is 118 Å². The van der Waals surface area contributed by atoms with Crippen molar-refractivity contribution in [2.24, 2.45) is 0 Å². The minimum absolute atomic E-state index is 0.00190. The van der Waals surface area contributed by atoms with E-state index in [0.717, 1.165) is 19.3 Å². The van der Waals surface area contributed by atoms with E-state index in [4.69, 9.17) is 10.5 Å². The third-order valence-corrected chi connectivity index (χ3v) is 4.36. The molecule has 1 aliphatic heterocycles.